The smallest absolute Gasteiger partial charge is 0.178 e. The summed E-state index contributed by atoms with van der Waals surface area (Å²) in [6, 6.07) is 52.4. The van der Waals surface area contributed by atoms with E-state index in [2.05, 4.69) is 129 Å². The fraction of sp³-hybridized carbons (Fsp3) is 0.164. The second-order valence-corrected chi connectivity index (χ2v) is 15.8. The highest BCUT2D eigenvalue weighted by molar-refractivity contribution is 6.09. The van der Waals surface area contributed by atoms with Gasteiger partial charge in [-0.3, -0.25) is 0 Å². The Bertz CT molecular complexity index is 2900. The van der Waals surface area contributed by atoms with Gasteiger partial charge in [0.15, 0.2) is 22.9 Å². The van der Waals surface area contributed by atoms with Gasteiger partial charge in [0.05, 0.1) is 32.7 Å². The molecule has 0 amide bonds. The molecule has 2 heterocycles. The molecule has 300 valence electrons. The van der Waals surface area contributed by atoms with Gasteiger partial charge >= 0.3 is 0 Å². The van der Waals surface area contributed by atoms with Crippen LogP contribution in [-0.4, -0.2) is 31.3 Å². The monoisotopic (exact) mass is 798 g/mol. The van der Waals surface area contributed by atoms with Gasteiger partial charge in [-0.2, -0.15) is 0 Å². The van der Waals surface area contributed by atoms with Crippen molar-refractivity contribution in [1.82, 2.24) is 9.97 Å². The SMILES string of the molecule is CCC1(CC)c2ccccc2-c2c1c1c(c3cc(OC)c(OC)cc23)OC(c2ccc(OC)cc2)(c2ccc(-c3nc(-c4ccccc4)cc(-c4ccccc4)n3)cc2)C=C1. The standard InChI is InChI=1S/C55H46N2O4/c1-6-54(7-2)45-21-15-14-20-41(45)50-43-32-48(59-4)49(60-5)33-44(43)52-42(51(50)54)30-31-55(61-52,39-26-28-40(58-3)29-27-39)38-24-22-37(23-25-38)53-56-46(35-16-10-8-11-17-35)34-47(57-53)36-18-12-9-13-19-36/h8-34H,6-7H2,1-5H3. The van der Waals surface area contributed by atoms with Gasteiger partial charge < -0.3 is 18.9 Å². The van der Waals surface area contributed by atoms with Crippen LogP contribution in [0, 0.1) is 0 Å². The number of hydrogen-bond acceptors (Lipinski definition) is 6. The highest BCUT2D eigenvalue weighted by Crippen LogP contribution is 2.61. The number of benzene rings is 7. The van der Waals surface area contributed by atoms with Crippen molar-refractivity contribution >= 4 is 16.8 Å². The van der Waals surface area contributed by atoms with E-state index in [0.717, 1.165) is 79.9 Å². The molecule has 1 aromatic heterocycles. The van der Waals surface area contributed by atoms with Crippen LogP contribution >= 0.6 is 0 Å². The molecule has 8 aromatic rings. The van der Waals surface area contributed by atoms with Crippen molar-refractivity contribution in [2.24, 2.45) is 0 Å². The third-order valence-electron chi connectivity index (χ3n) is 12.9. The van der Waals surface area contributed by atoms with Crippen LogP contribution in [0.5, 0.6) is 23.0 Å². The first-order valence-electron chi connectivity index (χ1n) is 20.9. The summed E-state index contributed by atoms with van der Waals surface area (Å²) in [7, 11) is 5.07. The molecule has 0 spiro atoms. The zero-order valence-corrected chi connectivity index (χ0v) is 35.0. The molecule has 0 fully saturated rings. The largest absolute Gasteiger partial charge is 0.497 e. The summed E-state index contributed by atoms with van der Waals surface area (Å²) in [6.07, 6.45) is 6.42. The van der Waals surface area contributed by atoms with Crippen molar-refractivity contribution in [2.75, 3.05) is 21.3 Å². The summed E-state index contributed by atoms with van der Waals surface area (Å²) in [6.45, 7) is 4.61. The Kier molecular flexibility index (Phi) is 9.44. The molecule has 0 N–H and O–H groups in total. The number of fused-ring (bicyclic) bond motifs is 8. The van der Waals surface area contributed by atoms with E-state index in [9.17, 15) is 0 Å². The molecule has 1 aliphatic carbocycles. The van der Waals surface area contributed by atoms with Crippen LogP contribution in [0.25, 0.3) is 61.9 Å². The third kappa shape index (κ3) is 6.00. The maximum atomic E-state index is 7.70. The number of rotatable bonds is 10. The van der Waals surface area contributed by atoms with E-state index in [-0.39, 0.29) is 5.41 Å². The quantitative estimate of drug-likeness (QED) is 0.137. The van der Waals surface area contributed by atoms with Gasteiger partial charge in [0.1, 0.15) is 11.5 Å². The lowest BCUT2D eigenvalue weighted by Crippen LogP contribution is -2.35. The van der Waals surface area contributed by atoms with E-state index in [4.69, 9.17) is 28.9 Å². The lowest BCUT2D eigenvalue weighted by atomic mass is 9.71. The number of nitrogens with zero attached hydrogens (tertiary/aromatic N) is 2. The minimum Gasteiger partial charge on any atom is -0.497 e. The molecule has 0 saturated heterocycles. The van der Waals surface area contributed by atoms with Crippen molar-refractivity contribution in [3.63, 3.8) is 0 Å². The van der Waals surface area contributed by atoms with Gasteiger partial charge in [0, 0.05) is 44.2 Å². The molecule has 0 saturated carbocycles. The minimum absolute atomic E-state index is 0.209. The molecule has 0 bridgehead atoms. The molecule has 1 aliphatic heterocycles. The molecular weight excluding hydrogens is 753 g/mol. The van der Waals surface area contributed by atoms with Gasteiger partial charge in [-0.05, 0) is 76.9 Å². The van der Waals surface area contributed by atoms with E-state index in [1.807, 2.05) is 48.5 Å². The average Bonchev–Trinajstić information content (AvgIpc) is 3.64. The Morgan fingerprint density at radius 2 is 1.11 bits per heavy atom. The first-order chi connectivity index (χ1) is 29.9. The molecule has 6 nitrogen and oxygen atoms in total. The normalized spacial score (nSPS) is 15.7. The van der Waals surface area contributed by atoms with Crippen LogP contribution in [-0.2, 0) is 11.0 Å². The lowest BCUT2D eigenvalue weighted by molar-refractivity contribution is 0.163. The van der Waals surface area contributed by atoms with Crippen LogP contribution in [0.4, 0.5) is 0 Å². The summed E-state index contributed by atoms with van der Waals surface area (Å²) >= 11 is 0. The molecular formula is C55H46N2O4. The van der Waals surface area contributed by atoms with Crippen LogP contribution in [0.1, 0.15) is 54.5 Å². The fourth-order valence-electron chi connectivity index (χ4n) is 9.75. The second kappa shape index (κ2) is 15.1. The molecule has 6 heteroatoms. The Labute approximate surface area is 357 Å². The minimum atomic E-state index is -1.01. The highest BCUT2D eigenvalue weighted by Gasteiger charge is 2.47. The molecule has 0 radical (unpaired) electrons. The Morgan fingerprint density at radius 1 is 0.557 bits per heavy atom. The summed E-state index contributed by atoms with van der Waals surface area (Å²) in [4.78, 5) is 10.2. The van der Waals surface area contributed by atoms with E-state index in [1.165, 1.54) is 22.3 Å². The van der Waals surface area contributed by atoms with Crippen molar-refractivity contribution in [3.8, 4) is 68.0 Å². The summed E-state index contributed by atoms with van der Waals surface area (Å²) < 4.78 is 25.2. The number of aromatic nitrogens is 2. The van der Waals surface area contributed by atoms with Gasteiger partial charge in [0.2, 0.25) is 0 Å². The predicted octanol–water partition coefficient (Wildman–Crippen LogP) is 13.1. The van der Waals surface area contributed by atoms with Crippen molar-refractivity contribution in [2.45, 2.75) is 37.7 Å². The Morgan fingerprint density at radius 3 is 1.69 bits per heavy atom. The zero-order valence-electron chi connectivity index (χ0n) is 35.0. The maximum Gasteiger partial charge on any atom is 0.178 e. The molecule has 1 atom stereocenters. The van der Waals surface area contributed by atoms with Gasteiger partial charge in [0.25, 0.3) is 0 Å². The van der Waals surface area contributed by atoms with Gasteiger partial charge in [-0.15, -0.1) is 0 Å². The Balaban J connectivity index is 1.18. The topological polar surface area (TPSA) is 62.7 Å². The van der Waals surface area contributed by atoms with E-state index in [0.29, 0.717) is 17.3 Å². The number of ether oxygens (including phenoxy) is 4. The predicted molar refractivity (Wildman–Crippen MR) is 246 cm³/mol. The molecule has 61 heavy (non-hydrogen) atoms. The van der Waals surface area contributed by atoms with Gasteiger partial charge in [-0.25, -0.2) is 9.97 Å². The summed E-state index contributed by atoms with van der Waals surface area (Å²) in [5.41, 5.74) is 11.6. The first kappa shape index (κ1) is 38.0. The second-order valence-electron chi connectivity index (χ2n) is 15.8. The van der Waals surface area contributed by atoms with E-state index in [1.54, 1.807) is 21.3 Å². The molecule has 7 aromatic carbocycles. The van der Waals surface area contributed by atoms with E-state index < -0.39 is 5.60 Å². The molecule has 2 aliphatic rings. The van der Waals surface area contributed by atoms with Crippen LogP contribution < -0.4 is 18.9 Å². The average molecular weight is 799 g/mol. The molecule has 10 rings (SSSR count). The lowest BCUT2D eigenvalue weighted by Gasteiger charge is -2.39. The molecule has 1 unspecified atom stereocenters. The first-order valence-corrected chi connectivity index (χ1v) is 20.9. The van der Waals surface area contributed by atoms with E-state index >= 15 is 0 Å². The van der Waals surface area contributed by atoms with Crippen LogP contribution in [0.3, 0.4) is 0 Å². The zero-order chi connectivity index (χ0) is 41.7. The summed E-state index contributed by atoms with van der Waals surface area (Å²) in [5.74, 6) is 3.55. The third-order valence-corrected chi connectivity index (χ3v) is 12.9. The number of hydrogen-bond donors (Lipinski definition) is 0. The Hall–Kier alpha value is -7.18. The van der Waals surface area contributed by atoms with Crippen LogP contribution in [0.15, 0.2) is 158 Å². The van der Waals surface area contributed by atoms with Crippen molar-refractivity contribution < 1.29 is 18.9 Å². The van der Waals surface area contributed by atoms with Crippen molar-refractivity contribution in [1.29, 1.82) is 0 Å². The fourth-order valence-corrected chi connectivity index (χ4v) is 9.75. The summed E-state index contributed by atoms with van der Waals surface area (Å²) in [5, 5.41) is 2.03. The maximum absolute atomic E-state index is 7.70. The van der Waals surface area contributed by atoms with Crippen molar-refractivity contribution in [3.05, 3.63) is 186 Å². The highest BCUT2D eigenvalue weighted by atomic mass is 16.5. The van der Waals surface area contributed by atoms with Crippen LogP contribution in [0.2, 0.25) is 0 Å². The van der Waals surface area contributed by atoms with Gasteiger partial charge in [-0.1, -0.05) is 141 Å². The number of methoxy groups -OCH3 is 3.